The Hall–Kier alpha value is -1.88. The highest BCUT2D eigenvalue weighted by Crippen LogP contribution is 2.14. The summed E-state index contributed by atoms with van der Waals surface area (Å²) >= 11 is 0. The van der Waals surface area contributed by atoms with Crippen molar-refractivity contribution in [2.24, 2.45) is 0 Å². The monoisotopic (exact) mass is 290 g/mol. The molecule has 114 valence electrons. The molecule has 1 aliphatic heterocycles. The summed E-state index contributed by atoms with van der Waals surface area (Å²) in [6.07, 6.45) is 1.26. The summed E-state index contributed by atoms with van der Waals surface area (Å²) in [7, 11) is 1.63. The fourth-order valence-corrected chi connectivity index (χ4v) is 2.54. The van der Waals surface area contributed by atoms with Gasteiger partial charge in [0, 0.05) is 26.2 Å². The zero-order valence-electron chi connectivity index (χ0n) is 12.5. The highest BCUT2D eigenvalue weighted by molar-refractivity contribution is 5.95. The van der Waals surface area contributed by atoms with Crippen molar-refractivity contribution in [1.29, 1.82) is 0 Å². The van der Waals surface area contributed by atoms with E-state index in [9.17, 15) is 9.59 Å². The molecule has 1 heterocycles. The van der Waals surface area contributed by atoms with Gasteiger partial charge in [-0.1, -0.05) is 30.3 Å². The summed E-state index contributed by atoms with van der Waals surface area (Å²) in [6, 6.07) is 9.26. The van der Waals surface area contributed by atoms with Crippen molar-refractivity contribution in [1.82, 2.24) is 10.2 Å². The van der Waals surface area contributed by atoms with Gasteiger partial charge < -0.3 is 15.0 Å². The molecule has 21 heavy (non-hydrogen) atoms. The van der Waals surface area contributed by atoms with Crippen LogP contribution in [-0.4, -0.2) is 49.1 Å². The molecule has 0 bridgehead atoms. The fourth-order valence-electron chi connectivity index (χ4n) is 2.54. The molecule has 0 spiro atoms. The van der Waals surface area contributed by atoms with Crippen molar-refractivity contribution in [3.8, 4) is 0 Å². The maximum Gasteiger partial charge on any atom is 0.246 e. The molecule has 2 unspecified atom stereocenters. The minimum atomic E-state index is -0.473. The molecule has 1 fully saturated rings. The third-order valence-corrected chi connectivity index (χ3v) is 3.78. The minimum absolute atomic E-state index is 0.00164. The number of methoxy groups -OCH3 is 1. The second-order valence-corrected chi connectivity index (χ2v) is 5.41. The highest BCUT2D eigenvalue weighted by atomic mass is 16.5. The van der Waals surface area contributed by atoms with Gasteiger partial charge in [-0.05, 0) is 18.9 Å². The van der Waals surface area contributed by atoms with E-state index >= 15 is 0 Å². The fraction of sp³-hybridized carbons (Fsp3) is 0.500. The Labute approximate surface area is 125 Å². The Bertz CT molecular complexity index is 490. The Morgan fingerprint density at radius 1 is 1.33 bits per heavy atom. The average Bonchev–Trinajstić information content (AvgIpc) is 2.49. The molecule has 1 aliphatic rings. The SMILES string of the molecule is COCCC(C)N1CC(=O)NC(Cc2ccccc2)C1=O. The average molecular weight is 290 g/mol. The second kappa shape index (κ2) is 7.22. The van der Waals surface area contributed by atoms with Gasteiger partial charge in [-0.2, -0.15) is 0 Å². The topological polar surface area (TPSA) is 58.6 Å². The summed E-state index contributed by atoms with van der Waals surface area (Å²) in [5.41, 5.74) is 1.04. The van der Waals surface area contributed by atoms with Crippen molar-refractivity contribution in [3.05, 3.63) is 35.9 Å². The first-order valence-corrected chi connectivity index (χ1v) is 7.24. The van der Waals surface area contributed by atoms with Crippen LogP contribution < -0.4 is 5.32 Å². The van der Waals surface area contributed by atoms with Crippen molar-refractivity contribution >= 4 is 11.8 Å². The van der Waals surface area contributed by atoms with Crippen LogP contribution in [0.25, 0.3) is 0 Å². The largest absolute Gasteiger partial charge is 0.385 e. The molecule has 1 N–H and O–H groups in total. The van der Waals surface area contributed by atoms with Crippen LogP contribution in [0.2, 0.25) is 0 Å². The summed E-state index contributed by atoms with van der Waals surface area (Å²) in [5, 5.41) is 2.79. The number of piperazine rings is 1. The van der Waals surface area contributed by atoms with Gasteiger partial charge in [0.1, 0.15) is 6.04 Å². The van der Waals surface area contributed by atoms with Crippen LogP contribution in [0.4, 0.5) is 0 Å². The first-order chi connectivity index (χ1) is 10.1. The lowest BCUT2D eigenvalue weighted by Crippen LogP contribution is -2.60. The van der Waals surface area contributed by atoms with Gasteiger partial charge in [0.2, 0.25) is 11.8 Å². The quantitative estimate of drug-likeness (QED) is 0.849. The lowest BCUT2D eigenvalue weighted by Gasteiger charge is -2.36. The van der Waals surface area contributed by atoms with E-state index in [4.69, 9.17) is 4.74 Å². The summed E-state index contributed by atoms with van der Waals surface area (Å²) in [6.45, 7) is 2.67. The predicted molar refractivity (Wildman–Crippen MR) is 79.7 cm³/mol. The molecule has 1 aromatic carbocycles. The van der Waals surface area contributed by atoms with Crippen LogP contribution in [0, 0.1) is 0 Å². The number of nitrogens with zero attached hydrogens (tertiary/aromatic N) is 1. The Balaban J connectivity index is 2.05. The lowest BCUT2D eigenvalue weighted by molar-refractivity contribution is -0.146. The molecule has 1 aromatic rings. The lowest BCUT2D eigenvalue weighted by atomic mass is 10.0. The standard InChI is InChI=1S/C16H22N2O3/c1-12(8-9-21-2)18-11-15(19)17-14(16(18)20)10-13-6-4-3-5-7-13/h3-7,12,14H,8-11H2,1-2H3,(H,17,19). The maximum atomic E-state index is 12.6. The molecule has 2 amide bonds. The molecule has 5 heteroatoms. The van der Waals surface area contributed by atoms with Crippen LogP contribution in [0.3, 0.4) is 0 Å². The van der Waals surface area contributed by atoms with E-state index in [2.05, 4.69) is 5.32 Å². The number of carbonyl (C=O) groups excluding carboxylic acids is 2. The molecular weight excluding hydrogens is 268 g/mol. The molecule has 5 nitrogen and oxygen atoms in total. The first-order valence-electron chi connectivity index (χ1n) is 7.24. The van der Waals surface area contributed by atoms with Crippen molar-refractivity contribution < 1.29 is 14.3 Å². The van der Waals surface area contributed by atoms with E-state index in [0.29, 0.717) is 13.0 Å². The van der Waals surface area contributed by atoms with Crippen LogP contribution >= 0.6 is 0 Å². The van der Waals surface area contributed by atoms with Gasteiger partial charge in [0.25, 0.3) is 0 Å². The third kappa shape index (κ3) is 4.04. The van der Waals surface area contributed by atoms with Gasteiger partial charge in [-0.25, -0.2) is 0 Å². The van der Waals surface area contributed by atoms with Crippen LogP contribution in [-0.2, 0) is 20.7 Å². The number of hydrogen-bond donors (Lipinski definition) is 1. The molecule has 1 saturated heterocycles. The number of benzene rings is 1. The van der Waals surface area contributed by atoms with Gasteiger partial charge in [0.15, 0.2) is 0 Å². The number of hydrogen-bond acceptors (Lipinski definition) is 3. The smallest absolute Gasteiger partial charge is 0.246 e. The van der Waals surface area contributed by atoms with E-state index < -0.39 is 6.04 Å². The summed E-state index contributed by atoms with van der Waals surface area (Å²) in [5.74, 6) is -0.109. The van der Waals surface area contributed by atoms with Crippen LogP contribution in [0.15, 0.2) is 30.3 Å². The zero-order valence-corrected chi connectivity index (χ0v) is 12.5. The molecule has 0 radical (unpaired) electrons. The van der Waals surface area contributed by atoms with Crippen molar-refractivity contribution in [2.45, 2.75) is 31.8 Å². The predicted octanol–water partition coefficient (Wildman–Crippen LogP) is 0.981. The third-order valence-electron chi connectivity index (χ3n) is 3.78. The second-order valence-electron chi connectivity index (χ2n) is 5.41. The number of ether oxygens (including phenoxy) is 1. The molecule has 0 aromatic heterocycles. The van der Waals surface area contributed by atoms with Crippen molar-refractivity contribution in [3.63, 3.8) is 0 Å². The van der Waals surface area contributed by atoms with E-state index in [1.54, 1.807) is 12.0 Å². The maximum absolute atomic E-state index is 12.6. The summed E-state index contributed by atoms with van der Waals surface area (Å²) in [4.78, 5) is 26.1. The Morgan fingerprint density at radius 2 is 2.05 bits per heavy atom. The van der Waals surface area contributed by atoms with Crippen LogP contribution in [0.5, 0.6) is 0 Å². The van der Waals surface area contributed by atoms with Crippen molar-refractivity contribution in [2.75, 3.05) is 20.3 Å². The summed E-state index contributed by atoms with van der Waals surface area (Å²) < 4.78 is 5.05. The number of amides is 2. The number of nitrogens with one attached hydrogen (secondary N) is 1. The molecule has 2 rings (SSSR count). The molecule has 2 atom stereocenters. The van der Waals surface area contributed by atoms with Gasteiger partial charge in [-0.3, -0.25) is 9.59 Å². The number of carbonyl (C=O) groups is 2. The zero-order chi connectivity index (χ0) is 15.2. The normalized spacial score (nSPS) is 20.3. The van der Waals surface area contributed by atoms with Gasteiger partial charge in [-0.15, -0.1) is 0 Å². The molecule has 0 saturated carbocycles. The molecule has 0 aliphatic carbocycles. The first kappa shape index (κ1) is 15.5. The molecular formula is C16H22N2O3. The van der Waals surface area contributed by atoms with Gasteiger partial charge in [0.05, 0.1) is 6.54 Å². The Morgan fingerprint density at radius 3 is 2.71 bits per heavy atom. The van der Waals surface area contributed by atoms with E-state index in [1.807, 2.05) is 37.3 Å². The Kier molecular flexibility index (Phi) is 5.33. The van der Waals surface area contributed by atoms with E-state index in [0.717, 1.165) is 12.0 Å². The number of rotatable bonds is 6. The van der Waals surface area contributed by atoms with E-state index in [1.165, 1.54) is 0 Å². The van der Waals surface area contributed by atoms with Gasteiger partial charge >= 0.3 is 0 Å². The van der Waals surface area contributed by atoms with Crippen LogP contribution in [0.1, 0.15) is 18.9 Å². The minimum Gasteiger partial charge on any atom is -0.385 e. The van der Waals surface area contributed by atoms with E-state index in [-0.39, 0.29) is 24.4 Å². The highest BCUT2D eigenvalue weighted by Gasteiger charge is 2.34.